The van der Waals surface area contributed by atoms with Gasteiger partial charge in [-0.05, 0) is 43.3 Å². The van der Waals surface area contributed by atoms with Crippen molar-refractivity contribution in [2.75, 3.05) is 18.4 Å². The number of aromatic nitrogens is 2. The van der Waals surface area contributed by atoms with Crippen molar-refractivity contribution < 1.29 is 4.79 Å². The molecule has 1 aliphatic rings. The third-order valence-corrected chi connectivity index (χ3v) is 3.86. The number of H-pyrrole nitrogens is 1. The lowest BCUT2D eigenvalue weighted by Gasteiger charge is -2.31. The van der Waals surface area contributed by atoms with Crippen LogP contribution in [0, 0.1) is 11.8 Å². The van der Waals surface area contributed by atoms with Crippen LogP contribution in [0.1, 0.15) is 6.92 Å². The molecule has 1 atom stereocenters. The van der Waals surface area contributed by atoms with Crippen LogP contribution in [-0.4, -0.2) is 29.0 Å². The average Bonchev–Trinajstić information content (AvgIpc) is 2.91. The Labute approximate surface area is 117 Å². The average molecular weight is 270 g/mol. The Morgan fingerprint density at radius 3 is 2.65 bits per heavy atom. The number of nitrogens with one attached hydrogen (secondary N) is 3. The van der Waals surface area contributed by atoms with Gasteiger partial charge in [0.25, 0.3) is 0 Å². The van der Waals surface area contributed by atoms with Crippen LogP contribution in [0.5, 0.6) is 0 Å². The molecule has 20 heavy (non-hydrogen) atoms. The molecule has 2 heterocycles. The molecule has 2 aromatic rings. The summed E-state index contributed by atoms with van der Waals surface area (Å²) in [7, 11) is 0. The van der Waals surface area contributed by atoms with Gasteiger partial charge in [-0.1, -0.05) is 6.92 Å². The Kier molecular flexibility index (Phi) is 3.52. The molecule has 1 fully saturated rings. The lowest BCUT2D eigenvalue weighted by Crippen LogP contribution is -2.48. The predicted octanol–water partition coefficient (Wildman–Crippen LogP) is 1.87. The van der Waals surface area contributed by atoms with Crippen LogP contribution < -0.4 is 10.6 Å². The maximum atomic E-state index is 12.1. The molecule has 0 radical (unpaired) electrons. The van der Waals surface area contributed by atoms with Gasteiger partial charge in [-0.3, -0.25) is 4.79 Å². The quantitative estimate of drug-likeness (QED) is 0.794. The largest absolute Gasteiger partial charge is 0.345 e. The van der Waals surface area contributed by atoms with Crippen molar-refractivity contribution in [2.45, 2.75) is 6.92 Å². The van der Waals surface area contributed by atoms with Crippen LogP contribution in [-0.2, 0) is 4.79 Å². The van der Waals surface area contributed by atoms with Gasteiger partial charge < -0.3 is 15.6 Å². The second-order valence-corrected chi connectivity index (χ2v) is 5.21. The zero-order valence-corrected chi connectivity index (χ0v) is 11.4. The van der Waals surface area contributed by atoms with Gasteiger partial charge in [0, 0.05) is 29.6 Å². The lowest BCUT2D eigenvalue weighted by atomic mass is 9.88. The Morgan fingerprint density at radius 1 is 1.35 bits per heavy atom. The molecule has 0 spiro atoms. The summed E-state index contributed by atoms with van der Waals surface area (Å²) in [4.78, 5) is 19.4. The van der Waals surface area contributed by atoms with E-state index < -0.39 is 0 Å². The van der Waals surface area contributed by atoms with E-state index in [1.165, 1.54) is 0 Å². The molecule has 5 nitrogen and oxygen atoms in total. The number of imidazole rings is 1. The monoisotopic (exact) mass is 270 g/mol. The number of hydrogen-bond donors (Lipinski definition) is 3. The number of nitrogens with zero attached hydrogens (tertiary/aromatic N) is 1. The van der Waals surface area contributed by atoms with Crippen molar-refractivity contribution in [1.82, 2.24) is 15.3 Å². The molecule has 3 rings (SSSR count). The number of carbonyl (C=O) groups is 1. The predicted molar refractivity (Wildman–Crippen MR) is 78.2 cm³/mol. The topological polar surface area (TPSA) is 69.8 Å². The summed E-state index contributed by atoms with van der Waals surface area (Å²) in [6, 6.07) is 7.71. The van der Waals surface area contributed by atoms with Gasteiger partial charge in [0.15, 0.2) is 0 Å². The minimum Gasteiger partial charge on any atom is -0.345 e. The van der Waals surface area contributed by atoms with E-state index >= 15 is 0 Å². The molecular weight excluding hydrogens is 252 g/mol. The summed E-state index contributed by atoms with van der Waals surface area (Å²) < 4.78 is 0. The molecule has 1 aromatic carbocycles. The molecule has 1 saturated heterocycles. The van der Waals surface area contributed by atoms with Crippen LogP contribution in [0.15, 0.2) is 36.7 Å². The zero-order chi connectivity index (χ0) is 13.9. The number of carbonyl (C=O) groups excluding carboxylic acids is 1. The maximum absolute atomic E-state index is 12.1. The first-order valence-electron chi connectivity index (χ1n) is 6.85. The van der Waals surface area contributed by atoms with Crippen molar-refractivity contribution in [3.63, 3.8) is 0 Å². The summed E-state index contributed by atoms with van der Waals surface area (Å²) in [5, 5.41) is 6.16. The number of benzene rings is 1. The molecule has 5 heteroatoms. The summed E-state index contributed by atoms with van der Waals surface area (Å²) in [5.74, 6) is 1.41. The number of hydrogen-bond acceptors (Lipinski definition) is 3. The standard InChI is InChI=1S/C15H18N4O/c1-10(12-8-16-9-12)15(20)19-13-4-2-11(3-5-13)14-17-6-7-18-14/h2-7,10,12,16H,8-9H2,1H3,(H,17,18)(H,19,20). The van der Waals surface area contributed by atoms with Gasteiger partial charge in [0.2, 0.25) is 5.91 Å². The third-order valence-electron chi connectivity index (χ3n) is 3.86. The summed E-state index contributed by atoms with van der Waals surface area (Å²) in [6.45, 7) is 3.86. The molecular formula is C15H18N4O. The number of rotatable bonds is 4. The fraction of sp³-hybridized carbons (Fsp3) is 0.333. The molecule has 0 bridgehead atoms. The van der Waals surface area contributed by atoms with Crippen molar-refractivity contribution >= 4 is 11.6 Å². The van der Waals surface area contributed by atoms with E-state index in [9.17, 15) is 4.79 Å². The number of anilines is 1. The van der Waals surface area contributed by atoms with E-state index in [-0.39, 0.29) is 11.8 Å². The van der Waals surface area contributed by atoms with Crippen LogP contribution in [0.4, 0.5) is 5.69 Å². The molecule has 0 aliphatic carbocycles. The molecule has 1 amide bonds. The van der Waals surface area contributed by atoms with Crippen LogP contribution in [0.2, 0.25) is 0 Å². The third kappa shape index (κ3) is 2.58. The van der Waals surface area contributed by atoms with Crippen molar-refractivity contribution in [2.24, 2.45) is 11.8 Å². The van der Waals surface area contributed by atoms with Crippen LogP contribution in [0.3, 0.4) is 0 Å². The number of aromatic amines is 1. The van der Waals surface area contributed by atoms with Crippen LogP contribution >= 0.6 is 0 Å². The first kappa shape index (κ1) is 12.9. The molecule has 104 valence electrons. The molecule has 1 aromatic heterocycles. The van der Waals surface area contributed by atoms with E-state index in [4.69, 9.17) is 0 Å². The van der Waals surface area contributed by atoms with Gasteiger partial charge in [-0.15, -0.1) is 0 Å². The summed E-state index contributed by atoms with van der Waals surface area (Å²) in [6.07, 6.45) is 3.51. The Balaban J connectivity index is 1.64. The van der Waals surface area contributed by atoms with E-state index in [1.54, 1.807) is 12.4 Å². The van der Waals surface area contributed by atoms with Gasteiger partial charge in [0.1, 0.15) is 5.82 Å². The second-order valence-electron chi connectivity index (χ2n) is 5.21. The highest BCUT2D eigenvalue weighted by atomic mass is 16.1. The Bertz CT molecular complexity index is 572. The maximum Gasteiger partial charge on any atom is 0.227 e. The molecule has 0 saturated carbocycles. The highest BCUT2D eigenvalue weighted by Gasteiger charge is 2.28. The Morgan fingerprint density at radius 2 is 2.10 bits per heavy atom. The van der Waals surface area contributed by atoms with E-state index in [0.717, 1.165) is 30.2 Å². The van der Waals surface area contributed by atoms with E-state index in [2.05, 4.69) is 20.6 Å². The normalized spacial score (nSPS) is 16.4. The van der Waals surface area contributed by atoms with Gasteiger partial charge >= 0.3 is 0 Å². The molecule has 1 aliphatic heterocycles. The fourth-order valence-electron chi connectivity index (χ4n) is 2.27. The smallest absolute Gasteiger partial charge is 0.227 e. The van der Waals surface area contributed by atoms with Crippen molar-refractivity contribution in [3.05, 3.63) is 36.7 Å². The van der Waals surface area contributed by atoms with E-state index in [1.807, 2.05) is 31.2 Å². The molecule has 1 unspecified atom stereocenters. The van der Waals surface area contributed by atoms with Crippen molar-refractivity contribution in [3.8, 4) is 11.4 Å². The SMILES string of the molecule is CC(C(=O)Nc1ccc(-c2ncc[nH]2)cc1)C1CNC1. The van der Waals surface area contributed by atoms with Crippen LogP contribution in [0.25, 0.3) is 11.4 Å². The minimum absolute atomic E-state index is 0.0426. The zero-order valence-electron chi connectivity index (χ0n) is 11.4. The summed E-state index contributed by atoms with van der Waals surface area (Å²) in [5.41, 5.74) is 1.83. The molecule has 3 N–H and O–H groups in total. The first-order chi connectivity index (χ1) is 9.74. The van der Waals surface area contributed by atoms with E-state index in [0.29, 0.717) is 5.92 Å². The number of amides is 1. The summed E-state index contributed by atoms with van der Waals surface area (Å²) >= 11 is 0. The van der Waals surface area contributed by atoms with Crippen molar-refractivity contribution in [1.29, 1.82) is 0 Å². The second kappa shape index (κ2) is 5.46. The minimum atomic E-state index is 0.0426. The van der Waals surface area contributed by atoms with Gasteiger partial charge in [-0.2, -0.15) is 0 Å². The lowest BCUT2D eigenvalue weighted by molar-refractivity contribution is -0.121. The highest BCUT2D eigenvalue weighted by Crippen LogP contribution is 2.20. The highest BCUT2D eigenvalue weighted by molar-refractivity contribution is 5.92. The Hall–Kier alpha value is -2.14. The van der Waals surface area contributed by atoms with Gasteiger partial charge in [-0.25, -0.2) is 4.98 Å². The first-order valence-corrected chi connectivity index (χ1v) is 6.85. The van der Waals surface area contributed by atoms with Gasteiger partial charge in [0.05, 0.1) is 0 Å². The fourth-order valence-corrected chi connectivity index (χ4v) is 2.27.